The molecule has 1 amide bonds. The molecule has 108 valence electrons. The number of hydrogen-bond acceptors (Lipinski definition) is 3. The number of aryl methyl sites for hydroxylation is 1. The summed E-state index contributed by atoms with van der Waals surface area (Å²) < 4.78 is 0. The Labute approximate surface area is 125 Å². The summed E-state index contributed by atoms with van der Waals surface area (Å²) in [6.07, 6.45) is 3.32. The van der Waals surface area contributed by atoms with Crippen LogP contribution in [0.3, 0.4) is 0 Å². The molecule has 0 radical (unpaired) electrons. The SMILES string of the molecule is Cc1ccc(N2CCN(C(=O)c3ccncc3)CC2)cc1. The van der Waals surface area contributed by atoms with Crippen molar-refractivity contribution < 1.29 is 4.79 Å². The molecular formula is C17H19N3O. The number of amides is 1. The van der Waals surface area contributed by atoms with Gasteiger partial charge in [-0.25, -0.2) is 0 Å². The number of pyridine rings is 1. The lowest BCUT2D eigenvalue weighted by molar-refractivity contribution is 0.0746. The summed E-state index contributed by atoms with van der Waals surface area (Å²) in [7, 11) is 0. The highest BCUT2D eigenvalue weighted by molar-refractivity contribution is 5.94. The Balaban J connectivity index is 1.63. The van der Waals surface area contributed by atoms with E-state index in [0.717, 1.165) is 26.2 Å². The summed E-state index contributed by atoms with van der Waals surface area (Å²) in [6, 6.07) is 12.1. The van der Waals surface area contributed by atoms with Crippen LogP contribution >= 0.6 is 0 Å². The third-order valence-electron chi connectivity index (χ3n) is 3.89. The number of hydrogen-bond donors (Lipinski definition) is 0. The Morgan fingerprint density at radius 3 is 2.19 bits per heavy atom. The summed E-state index contributed by atoms with van der Waals surface area (Å²) >= 11 is 0. The molecule has 2 heterocycles. The van der Waals surface area contributed by atoms with Gasteiger partial charge in [-0.1, -0.05) is 17.7 Å². The minimum Gasteiger partial charge on any atom is -0.368 e. The zero-order valence-corrected chi connectivity index (χ0v) is 12.2. The zero-order chi connectivity index (χ0) is 14.7. The van der Waals surface area contributed by atoms with Crippen molar-refractivity contribution in [1.29, 1.82) is 0 Å². The van der Waals surface area contributed by atoms with Gasteiger partial charge in [0.1, 0.15) is 0 Å². The van der Waals surface area contributed by atoms with Crippen LogP contribution in [0.25, 0.3) is 0 Å². The number of aromatic nitrogens is 1. The zero-order valence-electron chi connectivity index (χ0n) is 12.2. The first-order valence-electron chi connectivity index (χ1n) is 7.25. The monoisotopic (exact) mass is 281 g/mol. The molecule has 1 fully saturated rings. The predicted molar refractivity (Wildman–Crippen MR) is 83.5 cm³/mol. The second kappa shape index (κ2) is 5.95. The molecule has 1 aliphatic heterocycles. The molecule has 1 saturated heterocycles. The smallest absolute Gasteiger partial charge is 0.254 e. The van der Waals surface area contributed by atoms with Crippen molar-refractivity contribution in [3.8, 4) is 0 Å². The van der Waals surface area contributed by atoms with E-state index in [-0.39, 0.29) is 5.91 Å². The van der Waals surface area contributed by atoms with Crippen LogP contribution in [0.1, 0.15) is 15.9 Å². The fourth-order valence-electron chi connectivity index (χ4n) is 2.60. The van der Waals surface area contributed by atoms with E-state index in [9.17, 15) is 4.79 Å². The number of piperazine rings is 1. The standard InChI is InChI=1S/C17H19N3O/c1-14-2-4-16(5-3-14)19-10-12-20(13-11-19)17(21)15-6-8-18-9-7-15/h2-9H,10-13H2,1H3. The van der Waals surface area contributed by atoms with E-state index in [0.29, 0.717) is 5.56 Å². The van der Waals surface area contributed by atoms with Gasteiger partial charge in [-0.05, 0) is 31.2 Å². The van der Waals surface area contributed by atoms with Gasteiger partial charge in [0, 0.05) is 49.8 Å². The normalized spacial score (nSPS) is 15.1. The van der Waals surface area contributed by atoms with Crippen LogP contribution in [0.5, 0.6) is 0 Å². The lowest BCUT2D eigenvalue weighted by Gasteiger charge is -2.36. The van der Waals surface area contributed by atoms with E-state index in [1.54, 1.807) is 24.5 Å². The van der Waals surface area contributed by atoms with E-state index < -0.39 is 0 Å². The number of nitrogens with zero attached hydrogens (tertiary/aromatic N) is 3. The highest BCUT2D eigenvalue weighted by Crippen LogP contribution is 2.17. The molecule has 2 aromatic rings. The predicted octanol–water partition coefficient (Wildman–Crippen LogP) is 2.35. The molecule has 0 unspecified atom stereocenters. The maximum atomic E-state index is 12.4. The van der Waals surface area contributed by atoms with Gasteiger partial charge in [0.2, 0.25) is 0 Å². The molecule has 1 aromatic carbocycles. The van der Waals surface area contributed by atoms with Gasteiger partial charge in [-0.3, -0.25) is 9.78 Å². The Morgan fingerprint density at radius 2 is 1.57 bits per heavy atom. The quantitative estimate of drug-likeness (QED) is 0.848. The Kier molecular flexibility index (Phi) is 3.86. The average molecular weight is 281 g/mol. The molecule has 0 atom stereocenters. The van der Waals surface area contributed by atoms with Gasteiger partial charge in [0.05, 0.1) is 0 Å². The summed E-state index contributed by atoms with van der Waals surface area (Å²) in [5.74, 6) is 0.0981. The Bertz CT molecular complexity index is 602. The van der Waals surface area contributed by atoms with Crippen LogP contribution in [0.15, 0.2) is 48.8 Å². The maximum absolute atomic E-state index is 12.4. The minimum absolute atomic E-state index is 0.0981. The topological polar surface area (TPSA) is 36.4 Å². The average Bonchev–Trinajstić information content (AvgIpc) is 2.56. The third-order valence-corrected chi connectivity index (χ3v) is 3.89. The van der Waals surface area contributed by atoms with Crippen LogP contribution in [0, 0.1) is 6.92 Å². The van der Waals surface area contributed by atoms with Crippen molar-refractivity contribution in [2.24, 2.45) is 0 Å². The van der Waals surface area contributed by atoms with E-state index in [2.05, 4.69) is 41.1 Å². The molecule has 0 saturated carbocycles. The first-order valence-corrected chi connectivity index (χ1v) is 7.25. The number of carbonyl (C=O) groups is 1. The minimum atomic E-state index is 0.0981. The van der Waals surface area contributed by atoms with Crippen LogP contribution in [0.4, 0.5) is 5.69 Å². The highest BCUT2D eigenvalue weighted by Gasteiger charge is 2.22. The van der Waals surface area contributed by atoms with Crippen LogP contribution in [0.2, 0.25) is 0 Å². The molecule has 4 nitrogen and oxygen atoms in total. The third kappa shape index (κ3) is 3.05. The van der Waals surface area contributed by atoms with Crippen molar-refractivity contribution in [2.45, 2.75) is 6.92 Å². The second-order valence-corrected chi connectivity index (χ2v) is 5.35. The van der Waals surface area contributed by atoms with Gasteiger partial charge in [0.15, 0.2) is 0 Å². The molecule has 0 N–H and O–H groups in total. The van der Waals surface area contributed by atoms with Gasteiger partial charge in [0.25, 0.3) is 5.91 Å². The summed E-state index contributed by atoms with van der Waals surface area (Å²) in [5, 5.41) is 0. The number of carbonyl (C=O) groups excluding carboxylic acids is 1. The first kappa shape index (κ1) is 13.6. The van der Waals surface area contributed by atoms with Gasteiger partial charge >= 0.3 is 0 Å². The molecule has 1 aromatic heterocycles. The fraction of sp³-hybridized carbons (Fsp3) is 0.294. The molecule has 1 aliphatic rings. The Hall–Kier alpha value is -2.36. The van der Waals surface area contributed by atoms with E-state index in [4.69, 9.17) is 0 Å². The summed E-state index contributed by atoms with van der Waals surface area (Å²) in [5.41, 5.74) is 3.22. The molecule has 0 bridgehead atoms. The number of rotatable bonds is 2. The van der Waals surface area contributed by atoms with Gasteiger partial charge in [-0.2, -0.15) is 0 Å². The fourth-order valence-corrected chi connectivity index (χ4v) is 2.60. The highest BCUT2D eigenvalue weighted by atomic mass is 16.2. The van der Waals surface area contributed by atoms with Crippen molar-refractivity contribution in [3.05, 3.63) is 59.9 Å². The van der Waals surface area contributed by atoms with E-state index in [1.165, 1.54) is 11.3 Å². The van der Waals surface area contributed by atoms with Crippen molar-refractivity contribution >= 4 is 11.6 Å². The molecule has 4 heteroatoms. The lowest BCUT2D eigenvalue weighted by atomic mass is 10.2. The summed E-state index contributed by atoms with van der Waals surface area (Å²) in [4.78, 5) is 20.6. The molecule has 21 heavy (non-hydrogen) atoms. The number of benzene rings is 1. The molecule has 0 spiro atoms. The van der Waals surface area contributed by atoms with Crippen LogP contribution in [-0.2, 0) is 0 Å². The van der Waals surface area contributed by atoms with Gasteiger partial charge in [-0.15, -0.1) is 0 Å². The largest absolute Gasteiger partial charge is 0.368 e. The maximum Gasteiger partial charge on any atom is 0.254 e. The Morgan fingerprint density at radius 1 is 0.952 bits per heavy atom. The molecular weight excluding hydrogens is 262 g/mol. The van der Waals surface area contributed by atoms with Crippen molar-refractivity contribution in [1.82, 2.24) is 9.88 Å². The van der Waals surface area contributed by atoms with E-state index in [1.807, 2.05) is 4.90 Å². The van der Waals surface area contributed by atoms with Gasteiger partial charge < -0.3 is 9.80 Å². The lowest BCUT2D eigenvalue weighted by Crippen LogP contribution is -2.48. The molecule has 3 rings (SSSR count). The van der Waals surface area contributed by atoms with E-state index >= 15 is 0 Å². The van der Waals surface area contributed by atoms with Crippen molar-refractivity contribution in [3.63, 3.8) is 0 Å². The second-order valence-electron chi connectivity index (χ2n) is 5.35. The molecule has 0 aliphatic carbocycles. The summed E-state index contributed by atoms with van der Waals surface area (Å²) in [6.45, 7) is 5.36. The first-order chi connectivity index (χ1) is 10.2. The number of anilines is 1. The van der Waals surface area contributed by atoms with Crippen LogP contribution in [-0.4, -0.2) is 42.0 Å². The van der Waals surface area contributed by atoms with Crippen LogP contribution < -0.4 is 4.90 Å². The van der Waals surface area contributed by atoms with Crippen molar-refractivity contribution in [2.75, 3.05) is 31.1 Å².